The summed E-state index contributed by atoms with van der Waals surface area (Å²) in [7, 11) is -8.05. The fourth-order valence-electron chi connectivity index (χ4n) is 4.68. The van der Waals surface area contributed by atoms with Crippen molar-refractivity contribution in [3.05, 3.63) is 128 Å². The summed E-state index contributed by atoms with van der Waals surface area (Å²) in [6.45, 7) is 1.76. The average Bonchev–Trinajstić information content (AvgIpc) is 3.00. The van der Waals surface area contributed by atoms with Crippen molar-refractivity contribution in [1.82, 2.24) is 4.98 Å². The molecule has 0 fully saturated rings. The van der Waals surface area contributed by atoms with E-state index in [-0.39, 0.29) is 25.4 Å². The second kappa shape index (κ2) is 13.8. The first-order chi connectivity index (χ1) is 21.0. The summed E-state index contributed by atoms with van der Waals surface area (Å²) in [6.07, 6.45) is 15.0. The lowest BCUT2D eigenvalue weighted by Gasteiger charge is -2.04. The molecule has 0 bridgehead atoms. The van der Waals surface area contributed by atoms with Crippen molar-refractivity contribution in [3.8, 4) is 22.3 Å². The van der Waals surface area contributed by atoms with Gasteiger partial charge in [-0.25, -0.2) is 14.1 Å². The van der Waals surface area contributed by atoms with Crippen molar-refractivity contribution in [2.45, 2.75) is 26.2 Å². The monoisotopic (exact) mass is 635 g/mol. The average molecular weight is 636 g/mol. The van der Waals surface area contributed by atoms with Gasteiger partial charge in [0.2, 0.25) is 0 Å². The van der Waals surface area contributed by atoms with Crippen LogP contribution in [0.5, 0.6) is 0 Å². The van der Waals surface area contributed by atoms with Crippen LogP contribution >= 0.6 is 15.2 Å². The van der Waals surface area contributed by atoms with Crippen LogP contribution in [0.1, 0.15) is 11.4 Å². The van der Waals surface area contributed by atoms with Gasteiger partial charge in [0.05, 0.1) is 0 Å². The predicted octanol–water partition coefficient (Wildman–Crippen LogP) is 2.02. The zero-order valence-corrected chi connectivity index (χ0v) is 25.7. The Kier molecular flexibility index (Phi) is 9.86. The number of nitrogens with zero attached hydrogens (tertiary/aromatic N) is 5. The Morgan fingerprint density at radius 1 is 0.477 bits per heavy atom. The Morgan fingerprint density at radius 3 is 1.07 bits per heavy atom. The van der Waals surface area contributed by atoms with E-state index in [0.29, 0.717) is 13.1 Å². The van der Waals surface area contributed by atoms with Crippen molar-refractivity contribution >= 4 is 15.2 Å². The number of aryl methyl sites for hydroxylation is 2. The summed E-state index contributed by atoms with van der Waals surface area (Å²) in [5, 5.41) is 0. The molecule has 5 aromatic heterocycles. The van der Waals surface area contributed by atoms with E-state index in [9.17, 15) is 9.13 Å². The van der Waals surface area contributed by atoms with Gasteiger partial charge in [-0.3, -0.25) is 9.13 Å². The number of rotatable bonds is 12. The summed E-state index contributed by atoms with van der Waals surface area (Å²) in [4.78, 5) is 41.2. The van der Waals surface area contributed by atoms with Crippen molar-refractivity contribution in [3.63, 3.8) is 0 Å². The number of hydrogen-bond acceptors (Lipinski definition) is 3. The highest BCUT2D eigenvalue weighted by atomic mass is 31.2. The van der Waals surface area contributed by atoms with Crippen molar-refractivity contribution in [1.29, 1.82) is 0 Å². The molecular weight excluding hydrogens is 600 g/mol. The molecule has 0 aliphatic rings. The highest BCUT2D eigenvalue weighted by Gasteiger charge is 2.17. The van der Waals surface area contributed by atoms with Gasteiger partial charge in [-0.1, -0.05) is 6.07 Å². The first-order valence-electron chi connectivity index (χ1n) is 14.0. The Bertz CT molecular complexity index is 1660. The molecule has 0 amide bonds. The Labute approximate surface area is 255 Å². The number of hydrogen-bond donors (Lipinski definition) is 4. The first kappa shape index (κ1) is 31.5. The molecule has 4 N–H and O–H groups in total. The molecule has 5 rings (SSSR count). The Balaban J connectivity index is 1.17. The van der Waals surface area contributed by atoms with Crippen LogP contribution in [0.15, 0.2) is 116 Å². The molecule has 44 heavy (non-hydrogen) atoms. The van der Waals surface area contributed by atoms with Crippen LogP contribution in [0.4, 0.5) is 0 Å². The standard InChI is InChI=1S/C31H31N5O6P2/c37-43(38,39)22-20-33-12-4-26(5-13-33)28-8-16-35(17-9-28)24-30-2-1-3-31(32-30)25-36-18-10-29(11-19-36)27-6-14-34(15-7-27)21-23-44(40,41)42/h1-19H,20-25H2/p+4. The molecular formula is C31H35N5O6P2+4. The van der Waals surface area contributed by atoms with Crippen LogP contribution < -0.4 is 18.3 Å². The quantitative estimate of drug-likeness (QED) is 0.121. The lowest BCUT2D eigenvalue weighted by atomic mass is 10.1. The van der Waals surface area contributed by atoms with Gasteiger partial charge in [-0.2, -0.15) is 9.13 Å². The molecule has 0 aliphatic carbocycles. The molecule has 0 atom stereocenters. The maximum Gasteiger partial charge on any atom is 0.331 e. The van der Waals surface area contributed by atoms with Crippen LogP contribution in [0.3, 0.4) is 0 Å². The van der Waals surface area contributed by atoms with Crippen LogP contribution in [0, 0.1) is 0 Å². The van der Waals surface area contributed by atoms with E-state index >= 15 is 0 Å². The minimum Gasteiger partial charge on any atom is -0.324 e. The molecule has 0 aromatic carbocycles. The maximum absolute atomic E-state index is 11.1. The van der Waals surface area contributed by atoms with E-state index in [1.54, 1.807) is 9.13 Å². The lowest BCUT2D eigenvalue weighted by Crippen LogP contribution is -2.35. The van der Waals surface area contributed by atoms with Crippen LogP contribution in [-0.4, -0.2) is 36.9 Å². The number of aromatic nitrogens is 5. The minimum atomic E-state index is -4.02. The van der Waals surface area contributed by atoms with E-state index in [1.807, 2.05) is 116 Å². The summed E-state index contributed by atoms with van der Waals surface area (Å²) >= 11 is 0. The fraction of sp³-hybridized carbons (Fsp3) is 0.194. The minimum absolute atomic E-state index is 0.189. The predicted molar refractivity (Wildman–Crippen MR) is 161 cm³/mol. The highest BCUT2D eigenvalue weighted by Crippen LogP contribution is 2.34. The molecule has 0 radical (unpaired) electrons. The van der Waals surface area contributed by atoms with Crippen LogP contribution in [0.2, 0.25) is 0 Å². The molecule has 0 saturated heterocycles. The van der Waals surface area contributed by atoms with Gasteiger partial charge >= 0.3 is 15.2 Å². The van der Waals surface area contributed by atoms with E-state index in [0.717, 1.165) is 33.6 Å². The third-order valence-corrected chi connectivity index (χ3v) is 8.65. The zero-order chi connectivity index (χ0) is 31.2. The number of pyridine rings is 5. The summed E-state index contributed by atoms with van der Waals surface area (Å²) in [5.41, 5.74) is 6.00. The Morgan fingerprint density at radius 2 is 0.773 bits per heavy atom. The molecule has 13 heteroatoms. The van der Waals surface area contributed by atoms with Gasteiger partial charge in [-0.15, -0.1) is 0 Å². The zero-order valence-electron chi connectivity index (χ0n) is 23.9. The first-order valence-corrected chi connectivity index (χ1v) is 17.6. The maximum atomic E-state index is 11.1. The van der Waals surface area contributed by atoms with Crippen LogP contribution in [-0.2, 0) is 35.3 Å². The lowest BCUT2D eigenvalue weighted by molar-refractivity contribution is -0.692. The molecule has 226 valence electrons. The van der Waals surface area contributed by atoms with E-state index in [2.05, 4.69) is 9.13 Å². The van der Waals surface area contributed by atoms with Crippen LogP contribution in [0.25, 0.3) is 22.3 Å². The smallest absolute Gasteiger partial charge is 0.324 e. The van der Waals surface area contributed by atoms with Gasteiger partial charge in [-0.05, 0) is 34.4 Å². The molecule has 11 nitrogen and oxygen atoms in total. The molecule has 0 aliphatic heterocycles. The Hall–Kier alpha value is -3.95. The second-order valence-corrected chi connectivity index (χ2v) is 14.1. The van der Waals surface area contributed by atoms with E-state index < -0.39 is 15.2 Å². The fourth-order valence-corrected chi connectivity index (χ4v) is 5.66. The van der Waals surface area contributed by atoms with Gasteiger partial charge in [0, 0.05) is 48.5 Å². The second-order valence-electron chi connectivity index (χ2n) is 10.6. The van der Waals surface area contributed by atoms with Gasteiger partial charge in [0.25, 0.3) is 0 Å². The van der Waals surface area contributed by atoms with Gasteiger partial charge < -0.3 is 19.6 Å². The third-order valence-electron chi connectivity index (χ3n) is 7.08. The summed E-state index contributed by atoms with van der Waals surface area (Å²) in [6, 6.07) is 21.9. The van der Waals surface area contributed by atoms with Crippen molar-refractivity contribution in [2.24, 2.45) is 0 Å². The highest BCUT2D eigenvalue weighted by molar-refractivity contribution is 7.51. The van der Waals surface area contributed by atoms with Crippen molar-refractivity contribution in [2.75, 3.05) is 12.3 Å². The third kappa shape index (κ3) is 9.53. The summed E-state index contributed by atoms with van der Waals surface area (Å²) in [5.74, 6) is 0. The molecule has 0 unspecified atom stereocenters. The van der Waals surface area contributed by atoms with Gasteiger partial charge in [0.1, 0.15) is 23.7 Å². The normalized spacial score (nSPS) is 11.9. The van der Waals surface area contributed by atoms with Gasteiger partial charge in [0.15, 0.2) is 75.8 Å². The molecule has 5 aromatic rings. The SMILES string of the molecule is O=P(O)(O)CC[n+]1ccc(-c2cc[n+](Cc3cccc(C[n+]4ccc(-c5cc[n+](CCP(=O)(O)O)cc5)cc4)n3)cc2)cc1. The van der Waals surface area contributed by atoms with E-state index in [4.69, 9.17) is 24.6 Å². The molecule has 0 spiro atoms. The molecule has 5 heterocycles. The molecule has 0 saturated carbocycles. The summed E-state index contributed by atoms with van der Waals surface area (Å²) < 4.78 is 29.9. The topological polar surface area (TPSA) is 143 Å². The van der Waals surface area contributed by atoms with Crippen molar-refractivity contribution < 1.29 is 47.0 Å². The largest absolute Gasteiger partial charge is 0.331 e. The van der Waals surface area contributed by atoms with E-state index in [1.165, 1.54) is 0 Å².